The summed E-state index contributed by atoms with van der Waals surface area (Å²) >= 11 is 0. The molecule has 0 amide bonds. The lowest BCUT2D eigenvalue weighted by molar-refractivity contribution is 0.0973. The highest BCUT2D eigenvalue weighted by molar-refractivity contribution is 6.08. The number of nitrogens with one attached hydrogen (secondary N) is 1. The molecule has 1 heterocycles. The fourth-order valence-corrected chi connectivity index (χ4v) is 2.73. The lowest BCUT2D eigenvalue weighted by Crippen LogP contribution is -2.24. The maximum atomic E-state index is 12.4. The van der Waals surface area contributed by atoms with Gasteiger partial charge in [-0.1, -0.05) is 42.5 Å². The third-order valence-electron chi connectivity index (χ3n) is 3.68. The molecule has 18 heavy (non-hydrogen) atoms. The van der Waals surface area contributed by atoms with Crippen molar-refractivity contribution in [3.8, 4) is 0 Å². The van der Waals surface area contributed by atoms with Crippen molar-refractivity contribution in [3.63, 3.8) is 0 Å². The van der Waals surface area contributed by atoms with Crippen molar-refractivity contribution in [3.05, 3.63) is 48.0 Å². The summed E-state index contributed by atoms with van der Waals surface area (Å²) in [4.78, 5) is 12.4. The molecule has 2 aromatic rings. The van der Waals surface area contributed by atoms with Gasteiger partial charge in [0, 0.05) is 18.0 Å². The van der Waals surface area contributed by atoms with Gasteiger partial charge in [-0.15, -0.1) is 0 Å². The van der Waals surface area contributed by atoms with E-state index in [-0.39, 0.29) is 5.78 Å². The SMILES string of the molecule is O=C(CC1CCCN1)c1cccc2ccccc12. The van der Waals surface area contributed by atoms with Gasteiger partial charge in [0.05, 0.1) is 0 Å². The van der Waals surface area contributed by atoms with E-state index in [1.165, 1.54) is 6.42 Å². The molecule has 1 atom stereocenters. The predicted molar refractivity (Wildman–Crippen MR) is 73.9 cm³/mol. The maximum Gasteiger partial charge on any atom is 0.165 e. The van der Waals surface area contributed by atoms with Crippen LogP contribution in [-0.4, -0.2) is 18.4 Å². The molecule has 1 fully saturated rings. The minimum atomic E-state index is 0.256. The van der Waals surface area contributed by atoms with Crippen LogP contribution in [0.3, 0.4) is 0 Å². The van der Waals surface area contributed by atoms with Crippen LogP contribution in [0.5, 0.6) is 0 Å². The van der Waals surface area contributed by atoms with Gasteiger partial charge in [0.15, 0.2) is 5.78 Å². The van der Waals surface area contributed by atoms with E-state index in [1.54, 1.807) is 0 Å². The van der Waals surface area contributed by atoms with Gasteiger partial charge >= 0.3 is 0 Å². The molecule has 1 aliphatic rings. The first kappa shape index (κ1) is 11.4. The minimum Gasteiger partial charge on any atom is -0.314 e. The van der Waals surface area contributed by atoms with E-state index in [1.807, 2.05) is 30.3 Å². The summed E-state index contributed by atoms with van der Waals surface area (Å²) < 4.78 is 0. The smallest absolute Gasteiger partial charge is 0.165 e. The van der Waals surface area contributed by atoms with Crippen molar-refractivity contribution in [1.82, 2.24) is 5.32 Å². The Morgan fingerprint density at radius 2 is 2.00 bits per heavy atom. The van der Waals surface area contributed by atoms with Gasteiger partial charge in [0.2, 0.25) is 0 Å². The van der Waals surface area contributed by atoms with Gasteiger partial charge in [0.1, 0.15) is 0 Å². The molecular formula is C16H17NO. The van der Waals surface area contributed by atoms with E-state index >= 15 is 0 Å². The Hall–Kier alpha value is -1.67. The van der Waals surface area contributed by atoms with Crippen LogP contribution < -0.4 is 5.32 Å². The van der Waals surface area contributed by atoms with E-state index in [2.05, 4.69) is 17.4 Å². The summed E-state index contributed by atoms with van der Waals surface area (Å²) in [5.74, 6) is 0.256. The Morgan fingerprint density at radius 1 is 1.17 bits per heavy atom. The second-order valence-corrected chi connectivity index (χ2v) is 4.95. The summed E-state index contributed by atoms with van der Waals surface area (Å²) in [5, 5.41) is 5.60. The quantitative estimate of drug-likeness (QED) is 0.834. The number of ketones is 1. The van der Waals surface area contributed by atoms with Crippen LogP contribution in [0.25, 0.3) is 10.8 Å². The maximum absolute atomic E-state index is 12.4. The van der Waals surface area contributed by atoms with Crippen LogP contribution in [0.4, 0.5) is 0 Å². The van der Waals surface area contributed by atoms with Crippen molar-refractivity contribution >= 4 is 16.6 Å². The molecule has 92 valence electrons. The van der Waals surface area contributed by atoms with Gasteiger partial charge in [-0.3, -0.25) is 4.79 Å². The van der Waals surface area contributed by atoms with Crippen LogP contribution in [0.1, 0.15) is 29.6 Å². The second-order valence-electron chi connectivity index (χ2n) is 4.95. The van der Waals surface area contributed by atoms with E-state index in [4.69, 9.17) is 0 Å². The van der Waals surface area contributed by atoms with Crippen molar-refractivity contribution in [2.75, 3.05) is 6.54 Å². The van der Waals surface area contributed by atoms with Crippen LogP contribution in [-0.2, 0) is 0 Å². The van der Waals surface area contributed by atoms with Crippen molar-refractivity contribution in [2.45, 2.75) is 25.3 Å². The molecule has 1 N–H and O–H groups in total. The van der Waals surface area contributed by atoms with E-state index in [0.29, 0.717) is 12.5 Å². The van der Waals surface area contributed by atoms with Crippen molar-refractivity contribution in [1.29, 1.82) is 0 Å². The normalized spacial score (nSPS) is 19.2. The first-order chi connectivity index (χ1) is 8.84. The number of rotatable bonds is 3. The molecule has 2 nitrogen and oxygen atoms in total. The van der Waals surface area contributed by atoms with Gasteiger partial charge in [0.25, 0.3) is 0 Å². The zero-order valence-electron chi connectivity index (χ0n) is 10.4. The summed E-state index contributed by atoms with van der Waals surface area (Å²) in [5.41, 5.74) is 0.863. The zero-order valence-corrected chi connectivity index (χ0v) is 10.4. The van der Waals surface area contributed by atoms with Crippen LogP contribution in [0, 0.1) is 0 Å². The Kier molecular flexibility index (Phi) is 3.11. The number of carbonyl (C=O) groups is 1. The Morgan fingerprint density at radius 3 is 2.83 bits per heavy atom. The summed E-state index contributed by atoms with van der Waals surface area (Å²) in [6, 6.07) is 14.4. The van der Waals surface area contributed by atoms with Crippen LogP contribution in [0.15, 0.2) is 42.5 Å². The lowest BCUT2D eigenvalue weighted by atomic mass is 9.97. The number of hydrogen-bond donors (Lipinski definition) is 1. The van der Waals surface area contributed by atoms with Gasteiger partial charge < -0.3 is 5.32 Å². The third-order valence-corrected chi connectivity index (χ3v) is 3.68. The van der Waals surface area contributed by atoms with Crippen molar-refractivity contribution in [2.24, 2.45) is 0 Å². The Balaban J connectivity index is 1.91. The highest BCUT2D eigenvalue weighted by atomic mass is 16.1. The largest absolute Gasteiger partial charge is 0.314 e. The molecule has 0 spiro atoms. The molecule has 1 aliphatic heterocycles. The molecule has 0 saturated carbocycles. The molecule has 0 bridgehead atoms. The van der Waals surface area contributed by atoms with Gasteiger partial charge in [-0.2, -0.15) is 0 Å². The number of carbonyl (C=O) groups excluding carboxylic acids is 1. The van der Waals surface area contributed by atoms with Crippen molar-refractivity contribution < 1.29 is 4.79 Å². The molecule has 2 heteroatoms. The fourth-order valence-electron chi connectivity index (χ4n) is 2.73. The molecule has 2 aromatic carbocycles. The van der Waals surface area contributed by atoms with Crippen LogP contribution >= 0.6 is 0 Å². The minimum absolute atomic E-state index is 0.256. The highest BCUT2D eigenvalue weighted by Gasteiger charge is 2.19. The van der Waals surface area contributed by atoms with E-state index in [0.717, 1.165) is 29.3 Å². The predicted octanol–water partition coefficient (Wildman–Crippen LogP) is 3.16. The zero-order chi connectivity index (χ0) is 12.4. The Labute approximate surface area is 107 Å². The highest BCUT2D eigenvalue weighted by Crippen LogP contribution is 2.21. The standard InChI is InChI=1S/C16H17NO/c18-16(11-13-7-4-10-17-13)15-9-3-6-12-5-1-2-8-14(12)15/h1-3,5-6,8-9,13,17H,4,7,10-11H2. The molecule has 0 radical (unpaired) electrons. The second kappa shape index (κ2) is 4.91. The average molecular weight is 239 g/mol. The number of Topliss-reactive ketones (excluding diaryl/α,β-unsaturated/α-hetero) is 1. The average Bonchev–Trinajstić information content (AvgIpc) is 2.91. The molecule has 0 aliphatic carbocycles. The molecule has 1 unspecified atom stereocenters. The Bertz CT molecular complexity index is 565. The topological polar surface area (TPSA) is 29.1 Å². The number of benzene rings is 2. The lowest BCUT2D eigenvalue weighted by Gasteiger charge is -2.10. The van der Waals surface area contributed by atoms with Crippen LogP contribution in [0.2, 0.25) is 0 Å². The molecular weight excluding hydrogens is 222 g/mol. The summed E-state index contributed by atoms with van der Waals surface area (Å²) in [6.07, 6.45) is 2.93. The van der Waals surface area contributed by atoms with E-state index in [9.17, 15) is 4.79 Å². The number of hydrogen-bond acceptors (Lipinski definition) is 2. The van der Waals surface area contributed by atoms with Gasteiger partial charge in [-0.25, -0.2) is 0 Å². The molecule has 0 aromatic heterocycles. The molecule has 3 rings (SSSR count). The summed E-state index contributed by atoms with van der Waals surface area (Å²) in [7, 11) is 0. The first-order valence-electron chi connectivity index (χ1n) is 6.59. The monoisotopic (exact) mass is 239 g/mol. The third kappa shape index (κ3) is 2.16. The van der Waals surface area contributed by atoms with E-state index < -0.39 is 0 Å². The summed E-state index contributed by atoms with van der Waals surface area (Å²) in [6.45, 7) is 1.05. The first-order valence-corrected chi connectivity index (χ1v) is 6.59. The number of fused-ring (bicyclic) bond motifs is 1. The van der Waals surface area contributed by atoms with Gasteiger partial charge in [-0.05, 0) is 30.2 Å². The fraction of sp³-hybridized carbons (Fsp3) is 0.312. The molecule has 1 saturated heterocycles.